The number of nitrogen functional groups attached to an aromatic ring is 1. The standard InChI is InChI=1S/C9H11ClN4S/c1-5-8(15-6(2)12-5)4-14-3-7(10)9(11)13-14/h3H,4H2,1-2H3,(H2,11,13). The molecule has 0 aliphatic rings. The first-order chi connectivity index (χ1) is 7.06. The van der Waals surface area contributed by atoms with Crippen LogP contribution < -0.4 is 5.73 Å². The van der Waals surface area contributed by atoms with Gasteiger partial charge in [-0.2, -0.15) is 5.10 Å². The highest BCUT2D eigenvalue weighted by atomic mass is 35.5. The number of aryl methyl sites for hydroxylation is 2. The van der Waals surface area contributed by atoms with Gasteiger partial charge in [-0.15, -0.1) is 11.3 Å². The Morgan fingerprint density at radius 1 is 1.53 bits per heavy atom. The van der Waals surface area contributed by atoms with Gasteiger partial charge in [0, 0.05) is 11.1 Å². The highest BCUT2D eigenvalue weighted by molar-refractivity contribution is 7.11. The summed E-state index contributed by atoms with van der Waals surface area (Å²) in [7, 11) is 0. The van der Waals surface area contributed by atoms with E-state index in [-0.39, 0.29) is 0 Å². The van der Waals surface area contributed by atoms with Gasteiger partial charge in [0.2, 0.25) is 0 Å². The van der Waals surface area contributed by atoms with Crippen LogP contribution in [-0.4, -0.2) is 14.8 Å². The molecule has 2 heterocycles. The molecule has 0 unspecified atom stereocenters. The Kier molecular flexibility index (Phi) is 2.67. The smallest absolute Gasteiger partial charge is 0.164 e. The molecule has 0 aliphatic heterocycles. The second-order valence-electron chi connectivity index (χ2n) is 3.30. The highest BCUT2D eigenvalue weighted by Crippen LogP contribution is 2.20. The van der Waals surface area contributed by atoms with E-state index in [4.69, 9.17) is 17.3 Å². The van der Waals surface area contributed by atoms with E-state index in [0.29, 0.717) is 17.4 Å². The Bertz CT molecular complexity index is 469. The predicted octanol–water partition coefficient (Wildman–Crippen LogP) is 2.24. The number of hydrogen-bond donors (Lipinski definition) is 1. The molecular formula is C9H11ClN4S. The fraction of sp³-hybridized carbons (Fsp3) is 0.333. The Labute approximate surface area is 96.7 Å². The largest absolute Gasteiger partial charge is 0.381 e. The van der Waals surface area contributed by atoms with Crippen molar-refractivity contribution in [3.8, 4) is 0 Å². The van der Waals surface area contributed by atoms with E-state index in [9.17, 15) is 0 Å². The fourth-order valence-electron chi connectivity index (χ4n) is 1.36. The van der Waals surface area contributed by atoms with Crippen molar-refractivity contribution in [1.29, 1.82) is 0 Å². The van der Waals surface area contributed by atoms with Gasteiger partial charge >= 0.3 is 0 Å². The van der Waals surface area contributed by atoms with Crippen molar-refractivity contribution in [2.24, 2.45) is 0 Å². The SMILES string of the molecule is Cc1nc(C)c(Cn2cc(Cl)c(N)n2)s1. The van der Waals surface area contributed by atoms with Crippen molar-refractivity contribution in [1.82, 2.24) is 14.8 Å². The normalized spacial score (nSPS) is 10.9. The van der Waals surface area contributed by atoms with Gasteiger partial charge in [0.05, 0.1) is 17.2 Å². The Morgan fingerprint density at radius 2 is 2.27 bits per heavy atom. The molecule has 0 radical (unpaired) electrons. The average Bonchev–Trinajstić information content (AvgIpc) is 2.59. The number of halogens is 1. The van der Waals surface area contributed by atoms with Gasteiger partial charge in [-0.3, -0.25) is 4.68 Å². The van der Waals surface area contributed by atoms with Crippen molar-refractivity contribution < 1.29 is 0 Å². The van der Waals surface area contributed by atoms with Crippen molar-refractivity contribution in [3.05, 3.63) is 26.8 Å². The first kappa shape index (κ1) is 10.4. The molecule has 0 aliphatic carbocycles. The molecule has 2 aromatic rings. The van der Waals surface area contributed by atoms with E-state index in [1.165, 1.54) is 4.88 Å². The topological polar surface area (TPSA) is 56.7 Å². The van der Waals surface area contributed by atoms with Crippen LogP contribution in [0.25, 0.3) is 0 Å². The van der Waals surface area contributed by atoms with Crippen molar-refractivity contribution in [2.75, 3.05) is 5.73 Å². The lowest BCUT2D eigenvalue weighted by Crippen LogP contribution is -2.00. The lowest BCUT2D eigenvalue weighted by Gasteiger charge is -1.98. The lowest BCUT2D eigenvalue weighted by molar-refractivity contribution is 0.694. The molecule has 2 rings (SSSR count). The summed E-state index contributed by atoms with van der Waals surface area (Å²) in [5.41, 5.74) is 6.61. The molecule has 4 nitrogen and oxygen atoms in total. The summed E-state index contributed by atoms with van der Waals surface area (Å²) >= 11 is 7.49. The average molecular weight is 243 g/mol. The number of nitrogens with zero attached hydrogens (tertiary/aromatic N) is 3. The molecule has 6 heteroatoms. The molecule has 0 atom stereocenters. The van der Waals surface area contributed by atoms with Crippen LogP contribution in [0.3, 0.4) is 0 Å². The molecule has 15 heavy (non-hydrogen) atoms. The van der Waals surface area contributed by atoms with E-state index in [2.05, 4.69) is 10.1 Å². The molecule has 0 amide bonds. The van der Waals surface area contributed by atoms with Crippen LogP contribution in [0.4, 0.5) is 5.82 Å². The molecule has 80 valence electrons. The maximum atomic E-state index is 5.82. The zero-order chi connectivity index (χ0) is 11.0. The second kappa shape index (κ2) is 3.83. The Hall–Kier alpha value is -1.07. The van der Waals surface area contributed by atoms with E-state index < -0.39 is 0 Å². The Morgan fingerprint density at radius 3 is 2.73 bits per heavy atom. The van der Waals surface area contributed by atoms with Crippen LogP contribution in [0.15, 0.2) is 6.20 Å². The summed E-state index contributed by atoms with van der Waals surface area (Å²) in [5.74, 6) is 0.371. The third kappa shape index (κ3) is 2.13. The molecule has 2 N–H and O–H groups in total. The van der Waals surface area contributed by atoms with Gasteiger partial charge in [-0.25, -0.2) is 4.98 Å². The number of hydrogen-bond acceptors (Lipinski definition) is 4. The first-order valence-corrected chi connectivity index (χ1v) is 5.67. The zero-order valence-electron chi connectivity index (χ0n) is 8.49. The maximum absolute atomic E-state index is 5.82. The van der Waals surface area contributed by atoms with Crippen molar-refractivity contribution in [3.63, 3.8) is 0 Å². The van der Waals surface area contributed by atoms with Crippen LogP contribution in [0.2, 0.25) is 5.02 Å². The predicted molar refractivity (Wildman–Crippen MR) is 62.3 cm³/mol. The highest BCUT2D eigenvalue weighted by Gasteiger charge is 2.08. The zero-order valence-corrected chi connectivity index (χ0v) is 10.1. The fourth-order valence-corrected chi connectivity index (χ4v) is 2.44. The van der Waals surface area contributed by atoms with Gasteiger partial charge < -0.3 is 5.73 Å². The summed E-state index contributed by atoms with van der Waals surface area (Å²) in [6, 6.07) is 0. The van der Waals surface area contributed by atoms with Crippen LogP contribution in [-0.2, 0) is 6.54 Å². The van der Waals surface area contributed by atoms with Crippen LogP contribution in [0.5, 0.6) is 0 Å². The molecule has 0 fully saturated rings. The van der Waals surface area contributed by atoms with Crippen LogP contribution in [0, 0.1) is 13.8 Å². The number of rotatable bonds is 2. The number of aromatic nitrogens is 3. The molecule has 0 bridgehead atoms. The van der Waals surface area contributed by atoms with Gasteiger partial charge in [-0.1, -0.05) is 11.6 Å². The molecule has 2 aromatic heterocycles. The summed E-state index contributed by atoms with van der Waals surface area (Å²) in [6.45, 7) is 4.66. The summed E-state index contributed by atoms with van der Waals surface area (Å²) in [6.07, 6.45) is 1.73. The minimum absolute atomic E-state index is 0.371. The minimum Gasteiger partial charge on any atom is -0.381 e. The van der Waals surface area contributed by atoms with E-state index in [1.54, 1.807) is 22.2 Å². The van der Waals surface area contributed by atoms with Crippen LogP contribution in [0.1, 0.15) is 15.6 Å². The third-order valence-corrected chi connectivity index (χ3v) is 3.40. The minimum atomic E-state index is 0.371. The monoisotopic (exact) mass is 242 g/mol. The van der Waals surface area contributed by atoms with E-state index >= 15 is 0 Å². The number of anilines is 1. The molecular weight excluding hydrogens is 232 g/mol. The maximum Gasteiger partial charge on any atom is 0.164 e. The van der Waals surface area contributed by atoms with Gasteiger partial charge in [0.1, 0.15) is 5.02 Å². The molecule has 0 saturated heterocycles. The van der Waals surface area contributed by atoms with Crippen molar-refractivity contribution >= 4 is 28.8 Å². The summed E-state index contributed by atoms with van der Waals surface area (Å²) < 4.78 is 1.73. The Balaban J connectivity index is 2.25. The van der Waals surface area contributed by atoms with Gasteiger partial charge in [0.15, 0.2) is 5.82 Å². The van der Waals surface area contributed by atoms with E-state index in [0.717, 1.165) is 10.7 Å². The van der Waals surface area contributed by atoms with Crippen LogP contribution >= 0.6 is 22.9 Å². The van der Waals surface area contributed by atoms with Crippen molar-refractivity contribution in [2.45, 2.75) is 20.4 Å². The quantitative estimate of drug-likeness (QED) is 0.879. The molecule has 0 spiro atoms. The summed E-state index contributed by atoms with van der Waals surface area (Å²) in [4.78, 5) is 5.54. The number of thiazole rings is 1. The number of nitrogens with two attached hydrogens (primary N) is 1. The molecule has 0 aromatic carbocycles. The lowest BCUT2D eigenvalue weighted by atomic mass is 10.4. The van der Waals surface area contributed by atoms with Gasteiger partial charge in [0.25, 0.3) is 0 Å². The van der Waals surface area contributed by atoms with E-state index in [1.807, 2.05) is 13.8 Å². The first-order valence-electron chi connectivity index (χ1n) is 4.47. The van der Waals surface area contributed by atoms with Gasteiger partial charge in [-0.05, 0) is 13.8 Å². The third-order valence-electron chi connectivity index (χ3n) is 2.05. The second-order valence-corrected chi connectivity index (χ2v) is 5.00. The molecule has 0 saturated carbocycles. The summed E-state index contributed by atoms with van der Waals surface area (Å²) in [5, 5.41) is 5.66.